The number of benzene rings is 1. The van der Waals surface area contributed by atoms with E-state index < -0.39 is 5.95 Å². The van der Waals surface area contributed by atoms with Crippen molar-refractivity contribution in [1.29, 1.82) is 0 Å². The molecule has 3 rings (SSSR count). The molecular weight excluding hydrogens is 309 g/mol. The fraction of sp³-hybridized carbons (Fsp3) is 0.278. The third-order valence-electron chi connectivity index (χ3n) is 2.75. The Bertz CT molecular complexity index is 727. The molecule has 0 N–H and O–H groups in total. The summed E-state index contributed by atoms with van der Waals surface area (Å²) in [5.74, 6) is 0.831. The third-order valence-corrected chi connectivity index (χ3v) is 2.75. The molecule has 0 aliphatic heterocycles. The van der Waals surface area contributed by atoms with Crippen LogP contribution in [-0.4, -0.2) is 22.2 Å². The van der Waals surface area contributed by atoms with Gasteiger partial charge in [-0.2, -0.15) is 9.37 Å². The molecule has 0 saturated carbocycles. The molecular formula is C18H22FN3O2. The predicted molar refractivity (Wildman–Crippen MR) is 92.2 cm³/mol. The Morgan fingerprint density at radius 2 is 1.62 bits per heavy atom. The normalized spacial score (nSPS) is 9.25. The molecule has 0 aliphatic carbocycles. The Balaban J connectivity index is 0.000000671. The number of methoxy groups -OCH3 is 1. The van der Waals surface area contributed by atoms with Gasteiger partial charge in [-0.1, -0.05) is 32.9 Å². The van der Waals surface area contributed by atoms with Crippen molar-refractivity contribution in [3.8, 4) is 28.6 Å². The van der Waals surface area contributed by atoms with Crippen molar-refractivity contribution >= 4 is 0 Å². The van der Waals surface area contributed by atoms with Crippen molar-refractivity contribution in [2.24, 2.45) is 0 Å². The molecule has 24 heavy (non-hydrogen) atoms. The molecule has 3 aromatic rings. The van der Waals surface area contributed by atoms with Gasteiger partial charge < -0.3 is 9.26 Å². The standard InChI is InChI=1S/C14H10FN3O2.2C2H6/c1-19-11-4-2-9(3-5-11)13-17-14(20-18-13)10-6-7-16-12(15)8-10;2*1-2/h2-8H,1H3;2*1-2H3. The van der Waals surface area contributed by atoms with Crippen LogP contribution >= 0.6 is 0 Å². The first-order valence-electron chi connectivity index (χ1n) is 7.86. The first-order valence-corrected chi connectivity index (χ1v) is 7.86. The summed E-state index contributed by atoms with van der Waals surface area (Å²) in [4.78, 5) is 7.71. The summed E-state index contributed by atoms with van der Waals surface area (Å²) in [6.07, 6.45) is 1.35. The van der Waals surface area contributed by atoms with E-state index in [1.54, 1.807) is 25.3 Å². The lowest BCUT2D eigenvalue weighted by Crippen LogP contribution is -1.85. The maximum atomic E-state index is 13.1. The lowest BCUT2D eigenvalue weighted by Gasteiger charge is -1.98. The molecule has 1 aromatic carbocycles. The van der Waals surface area contributed by atoms with Crippen LogP contribution in [0.1, 0.15) is 27.7 Å². The molecule has 6 heteroatoms. The van der Waals surface area contributed by atoms with Crippen molar-refractivity contribution < 1.29 is 13.7 Å². The highest BCUT2D eigenvalue weighted by atomic mass is 19.1. The van der Waals surface area contributed by atoms with Gasteiger partial charge in [0, 0.05) is 23.4 Å². The summed E-state index contributed by atoms with van der Waals surface area (Å²) < 4.78 is 23.3. The second-order valence-corrected chi connectivity index (χ2v) is 4.02. The van der Waals surface area contributed by atoms with Crippen LogP contribution in [0.3, 0.4) is 0 Å². The monoisotopic (exact) mass is 331 g/mol. The molecule has 0 spiro atoms. The summed E-state index contributed by atoms with van der Waals surface area (Å²) in [7, 11) is 1.60. The zero-order chi connectivity index (χ0) is 17.9. The van der Waals surface area contributed by atoms with Crippen LogP contribution in [0, 0.1) is 5.95 Å². The van der Waals surface area contributed by atoms with Crippen molar-refractivity contribution in [3.05, 3.63) is 48.5 Å². The van der Waals surface area contributed by atoms with Gasteiger partial charge in [0.15, 0.2) is 0 Å². The number of rotatable bonds is 3. The Hall–Kier alpha value is -2.76. The van der Waals surface area contributed by atoms with Crippen molar-refractivity contribution in [2.45, 2.75) is 27.7 Å². The van der Waals surface area contributed by atoms with E-state index in [1.165, 1.54) is 12.3 Å². The summed E-state index contributed by atoms with van der Waals surface area (Å²) >= 11 is 0. The van der Waals surface area contributed by atoms with E-state index in [1.807, 2.05) is 39.8 Å². The van der Waals surface area contributed by atoms with Crippen molar-refractivity contribution in [1.82, 2.24) is 15.1 Å². The van der Waals surface area contributed by atoms with E-state index in [2.05, 4.69) is 15.1 Å². The molecule has 2 aromatic heterocycles. The molecule has 0 unspecified atom stereocenters. The van der Waals surface area contributed by atoms with Gasteiger partial charge in [-0.15, -0.1) is 0 Å². The number of pyridine rings is 1. The number of aromatic nitrogens is 3. The SMILES string of the molecule is CC.CC.COc1ccc(-c2noc(-c3ccnc(F)c3)n2)cc1. The highest BCUT2D eigenvalue weighted by molar-refractivity contribution is 5.60. The van der Waals surface area contributed by atoms with E-state index in [0.29, 0.717) is 11.4 Å². The van der Waals surface area contributed by atoms with Crippen LogP contribution in [0.2, 0.25) is 0 Å². The summed E-state index contributed by atoms with van der Waals surface area (Å²) in [6.45, 7) is 8.00. The molecule has 0 fully saturated rings. The fourth-order valence-electron chi connectivity index (χ4n) is 1.73. The first-order chi connectivity index (χ1) is 11.8. The Kier molecular flexibility index (Phi) is 8.11. The lowest BCUT2D eigenvalue weighted by molar-refractivity contribution is 0.415. The van der Waals surface area contributed by atoms with Gasteiger partial charge in [-0.25, -0.2) is 4.98 Å². The molecule has 0 amide bonds. The average Bonchev–Trinajstić information content (AvgIpc) is 3.15. The lowest BCUT2D eigenvalue weighted by atomic mass is 10.2. The van der Waals surface area contributed by atoms with E-state index in [4.69, 9.17) is 9.26 Å². The molecule has 0 bridgehead atoms. The first kappa shape index (κ1) is 19.3. The van der Waals surface area contributed by atoms with Crippen LogP contribution < -0.4 is 4.74 Å². The number of nitrogens with zero attached hydrogens (tertiary/aromatic N) is 3. The van der Waals surface area contributed by atoms with Crippen LogP contribution in [-0.2, 0) is 0 Å². The Morgan fingerprint density at radius 1 is 0.958 bits per heavy atom. The summed E-state index contributed by atoms with van der Waals surface area (Å²) in [5, 5.41) is 3.88. The molecule has 0 radical (unpaired) electrons. The zero-order valence-electron chi connectivity index (χ0n) is 14.6. The topological polar surface area (TPSA) is 61.0 Å². The molecule has 0 aliphatic rings. The minimum atomic E-state index is -0.591. The average molecular weight is 331 g/mol. The van der Waals surface area contributed by atoms with Gasteiger partial charge in [0.25, 0.3) is 5.89 Å². The Morgan fingerprint density at radius 3 is 2.21 bits per heavy atom. The fourth-order valence-corrected chi connectivity index (χ4v) is 1.73. The number of hydrogen-bond acceptors (Lipinski definition) is 5. The second kappa shape index (κ2) is 10.1. The van der Waals surface area contributed by atoms with Crippen LogP contribution in [0.4, 0.5) is 4.39 Å². The second-order valence-electron chi connectivity index (χ2n) is 4.02. The maximum absolute atomic E-state index is 13.1. The van der Waals surface area contributed by atoms with Crippen LogP contribution in [0.15, 0.2) is 47.1 Å². The minimum absolute atomic E-state index is 0.247. The molecule has 0 atom stereocenters. The Labute approximate surface area is 141 Å². The van der Waals surface area contributed by atoms with E-state index in [0.717, 1.165) is 11.3 Å². The van der Waals surface area contributed by atoms with Crippen LogP contribution in [0.25, 0.3) is 22.8 Å². The zero-order valence-corrected chi connectivity index (χ0v) is 14.6. The van der Waals surface area contributed by atoms with Gasteiger partial charge in [0.2, 0.25) is 11.8 Å². The van der Waals surface area contributed by atoms with Crippen molar-refractivity contribution in [2.75, 3.05) is 7.11 Å². The molecule has 2 heterocycles. The van der Waals surface area contributed by atoms with Gasteiger partial charge in [0.05, 0.1) is 7.11 Å². The van der Waals surface area contributed by atoms with Gasteiger partial charge >= 0.3 is 0 Å². The van der Waals surface area contributed by atoms with E-state index in [9.17, 15) is 4.39 Å². The minimum Gasteiger partial charge on any atom is -0.497 e. The van der Waals surface area contributed by atoms with Crippen LogP contribution in [0.5, 0.6) is 5.75 Å². The quantitative estimate of drug-likeness (QED) is 0.632. The van der Waals surface area contributed by atoms with Gasteiger partial charge in [-0.3, -0.25) is 0 Å². The summed E-state index contributed by atoms with van der Waals surface area (Å²) in [6, 6.07) is 10.1. The molecule has 128 valence electrons. The van der Waals surface area contributed by atoms with E-state index in [-0.39, 0.29) is 5.89 Å². The molecule has 0 saturated heterocycles. The number of ether oxygens (including phenoxy) is 1. The van der Waals surface area contributed by atoms with Gasteiger partial charge in [-0.05, 0) is 30.3 Å². The highest BCUT2D eigenvalue weighted by Crippen LogP contribution is 2.23. The number of hydrogen-bond donors (Lipinski definition) is 0. The predicted octanol–water partition coefficient (Wildman–Crippen LogP) is 5.00. The number of halogens is 1. The highest BCUT2D eigenvalue weighted by Gasteiger charge is 2.11. The van der Waals surface area contributed by atoms with Crippen molar-refractivity contribution in [3.63, 3.8) is 0 Å². The maximum Gasteiger partial charge on any atom is 0.258 e. The molecule has 5 nitrogen and oxygen atoms in total. The summed E-state index contributed by atoms with van der Waals surface area (Å²) in [5.41, 5.74) is 1.28. The van der Waals surface area contributed by atoms with E-state index >= 15 is 0 Å². The smallest absolute Gasteiger partial charge is 0.258 e. The third kappa shape index (κ3) is 4.87. The largest absolute Gasteiger partial charge is 0.497 e. The van der Waals surface area contributed by atoms with Gasteiger partial charge in [0.1, 0.15) is 5.75 Å².